The fraction of sp³-hybridized carbons (Fsp3) is 0.724. The molecule has 12 nitrogen and oxygen atoms in total. The van der Waals surface area contributed by atoms with Crippen LogP contribution in [0.4, 0.5) is 0 Å². The lowest BCUT2D eigenvalue weighted by Crippen LogP contribution is -2.46. The van der Waals surface area contributed by atoms with E-state index >= 15 is 0 Å². The number of thioether (sulfide) groups is 2. The molecular weight excluding hydrogens is 660 g/mol. The molecule has 2 heterocycles. The SMILES string of the molecule is CC(C)(C)C(=O)SCCOP(=O)(OCCSC(=O)C(C)(C)C)OCC1=C[C@@H](O[Si](C)(C)C(C)(C)C)[C@H](n2ccc(=O)[nH]c2=O)O1. The lowest BCUT2D eigenvalue weighted by atomic mass is 9.99. The second-order valence-electron chi connectivity index (χ2n) is 14.2. The smallest absolute Gasteiger partial charge is 0.469 e. The lowest BCUT2D eigenvalue weighted by molar-refractivity contribution is -0.118. The van der Waals surface area contributed by atoms with Gasteiger partial charge in [0.2, 0.25) is 6.23 Å². The number of hydrogen-bond acceptors (Lipinski definition) is 12. The maximum absolute atomic E-state index is 13.7. The van der Waals surface area contributed by atoms with Gasteiger partial charge in [-0.05, 0) is 24.2 Å². The van der Waals surface area contributed by atoms with Crippen molar-refractivity contribution in [1.29, 1.82) is 0 Å². The Morgan fingerprint density at radius 1 is 0.933 bits per heavy atom. The van der Waals surface area contributed by atoms with E-state index in [2.05, 4.69) is 38.8 Å². The van der Waals surface area contributed by atoms with Gasteiger partial charge in [0.1, 0.15) is 18.5 Å². The zero-order chi connectivity index (χ0) is 34.4. The van der Waals surface area contributed by atoms with Crippen molar-refractivity contribution in [1.82, 2.24) is 9.55 Å². The van der Waals surface area contributed by atoms with Crippen LogP contribution in [0.2, 0.25) is 18.1 Å². The molecule has 0 saturated carbocycles. The molecule has 1 N–H and O–H groups in total. The predicted molar refractivity (Wildman–Crippen MR) is 181 cm³/mol. The van der Waals surface area contributed by atoms with Crippen LogP contribution in [-0.4, -0.2) is 65.5 Å². The Kier molecular flexibility index (Phi) is 13.8. The van der Waals surface area contributed by atoms with E-state index in [0.29, 0.717) is 0 Å². The highest BCUT2D eigenvalue weighted by molar-refractivity contribution is 8.14. The minimum atomic E-state index is -4.19. The maximum Gasteiger partial charge on any atom is 0.475 e. The van der Waals surface area contributed by atoms with Crippen molar-refractivity contribution in [3.8, 4) is 0 Å². The minimum Gasteiger partial charge on any atom is -0.469 e. The third-order valence-corrected chi connectivity index (χ3v) is 15.4. The molecule has 256 valence electrons. The summed E-state index contributed by atoms with van der Waals surface area (Å²) in [5.74, 6) is 0.676. The number of phosphoric acid groups is 1. The monoisotopic (exact) mass is 708 g/mol. The summed E-state index contributed by atoms with van der Waals surface area (Å²) < 4.78 is 44.3. The Labute approximate surface area is 275 Å². The van der Waals surface area contributed by atoms with Gasteiger partial charge in [0.25, 0.3) is 5.56 Å². The van der Waals surface area contributed by atoms with E-state index in [1.807, 2.05) is 41.5 Å². The zero-order valence-corrected chi connectivity index (χ0v) is 31.7. The van der Waals surface area contributed by atoms with Crippen LogP contribution >= 0.6 is 31.3 Å². The van der Waals surface area contributed by atoms with Crippen molar-refractivity contribution in [3.05, 3.63) is 44.9 Å². The summed E-state index contributed by atoms with van der Waals surface area (Å²) in [6.45, 7) is 20.7. The van der Waals surface area contributed by atoms with Crippen molar-refractivity contribution in [3.63, 3.8) is 0 Å². The van der Waals surface area contributed by atoms with Crippen LogP contribution < -0.4 is 11.2 Å². The number of carbonyl (C=O) groups excluding carboxylic acids is 2. The molecule has 0 aliphatic carbocycles. The molecule has 45 heavy (non-hydrogen) atoms. The largest absolute Gasteiger partial charge is 0.475 e. The van der Waals surface area contributed by atoms with E-state index in [-0.39, 0.29) is 52.4 Å². The van der Waals surface area contributed by atoms with Crippen molar-refractivity contribution >= 4 is 49.9 Å². The second-order valence-corrected chi connectivity index (χ2v) is 22.7. The van der Waals surface area contributed by atoms with E-state index in [1.54, 1.807) is 6.08 Å². The van der Waals surface area contributed by atoms with Gasteiger partial charge >= 0.3 is 13.5 Å². The number of ether oxygens (including phenoxy) is 1. The van der Waals surface area contributed by atoms with Crippen molar-refractivity contribution in [2.24, 2.45) is 10.8 Å². The summed E-state index contributed by atoms with van der Waals surface area (Å²) in [6.07, 6.45) is 1.31. The van der Waals surface area contributed by atoms with E-state index in [9.17, 15) is 23.7 Å². The standard InChI is InChI=1S/C29H49N2O10PS2Si/c1-27(2,3)24(33)43-16-14-37-42(36,38-15-17-44-25(34)28(4,5)6)39-19-20-18-21(41-45(10,11)29(7,8)9)23(40-20)31-13-12-22(32)30-26(31)35/h12-13,18,21,23H,14-17,19H2,1-11H3,(H,30,32,35)/t21-,23-/m1/s1. The molecule has 2 rings (SSSR count). The summed E-state index contributed by atoms with van der Waals surface area (Å²) >= 11 is 2.12. The molecule has 1 aromatic heterocycles. The van der Waals surface area contributed by atoms with E-state index in [1.165, 1.54) is 16.8 Å². The van der Waals surface area contributed by atoms with Gasteiger partial charge in [0.05, 0.1) is 13.2 Å². The van der Waals surface area contributed by atoms with Gasteiger partial charge in [-0.15, -0.1) is 0 Å². The number of aromatic nitrogens is 2. The molecule has 0 unspecified atom stereocenters. The quantitative estimate of drug-likeness (QED) is 0.135. The third kappa shape index (κ3) is 12.3. The first-order valence-corrected chi connectivity index (χ1v) is 21.0. The maximum atomic E-state index is 13.7. The summed E-state index contributed by atoms with van der Waals surface area (Å²) in [6, 6.07) is 1.21. The van der Waals surface area contributed by atoms with Crippen LogP contribution in [0.15, 0.2) is 33.7 Å². The molecule has 1 aliphatic heterocycles. The molecule has 1 aliphatic rings. The molecule has 0 radical (unpaired) electrons. The first-order chi connectivity index (χ1) is 20.4. The topological polar surface area (TPSA) is 152 Å². The van der Waals surface area contributed by atoms with Crippen molar-refractivity contribution < 1.29 is 36.9 Å². The first kappa shape index (κ1) is 39.7. The first-order valence-electron chi connectivity index (χ1n) is 14.7. The summed E-state index contributed by atoms with van der Waals surface area (Å²) in [5.41, 5.74) is -2.31. The van der Waals surface area contributed by atoms with Gasteiger partial charge in [0.15, 0.2) is 18.5 Å². The normalized spacial score (nSPS) is 18.1. The van der Waals surface area contributed by atoms with Gasteiger partial charge in [-0.3, -0.25) is 37.5 Å². The minimum absolute atomic E-state index is 0.0410. The van der Waals surface area contributed by atoms with Crippen LogP contribution in [0.1, 0.15) is 68.5 Å². The van der Waals surface area contributed by atoms with Crippen molar-refractivity contribution in [2.45, 2.75) is 92.8 Å². The number of H-pyrrole nitrogens is 1. The Hall–Kier alpha value is -1.45. The average molecular weight is 709 g/mol. The fourth-order valence-electron chi connectivity index (χ4n) is 3.32. The fourth-order valence-corrected chi connectivity index (χ4v) is 7.49. The summed E-state index contributed by atoms with van der Waals surface area (Å²) in [7, 11) is -6.55. The molecule has 0 saturated heterocycles. The number of nitrogens with zero attached hydrogens (tertiary/aromatic N) is 1. The summed E-state index contributed by atoms with van der Waals surface area (Å²) in [5, 5.41) is -0.238. The molecule has 0 aromatic carbocycles. The highest BCUT2D eigenvalue weighted by Crippen LogP contribution is 2.50. The van der Waals surface area contributed by atoms with Crippen molar-refractivity contribution in [2.75, 3.05) is 31.3 Å². The number of aromatic amines is 1. The van der Waals surface area contributed by atoms with E-state index in [0.717, 1.165) is 23.5 Å². The van der Waals surface area contributed by atoms with Gasteiger partial charge in [-0.1, -0.05) is 85.8 Å². The zero-order valence-electron chi connectivity index (χ0n) is 28.2. The molecule has 1 aromatic rings. The van der Waals surface area contributed by atoms with Crippen LogP contribution in [0, 0.1) is 10.8 Å². The van der Waals surface area contributed by atoms with Gasteiger partial charge < -0.3 is 9.16 Å². The molecule has 0 spiro atoms. The number of hydrogen-bond donors (Lipinski definition) is 1. The molecule has 16 heteroatoms. The van der Waals surface area contributed by atoms with Gasteiger partial charge in [-0.25, -0.2) is 9.36 Å². The molecule has 0 amide bonds. The molecule has 0 bridgehead atoms. The Balaban J connectivity index is 2.22. The molecule has 0 fully saturated rings. The second kappa shape index (κ2) is 15.6. The van der Waals surface area contributed by atoms with Crippen LogP contribution in [0.3, 0.4) is 0 Å². The van der Waals surface area contributed by atoms with Gasteiger partial charge in [-0.2, -0.15) is 0 Å². The van der Waals surface area contributed by atoms with Crippen LogP contribution in [0.5, 0.6) is 0 Å². The summed E-state index contributed by atoms with van der Waals surface area (Å²) in [4.78, 5) is 51.2. The highest BCUT2D eigenvalue weighted by Gasteiger charge is 2.44. The number of carbonyl (C=O) groups is 2. The third-order valence-electron chi connectivity index (χ3n) is 6.99. The van der Waals surface area contributed by atoms with E-state index < -0.39 is 50.6 Å². The molecular formula is C29H49N2O10PS2Si. The van der Waals surface area contributed by atoms with Crippen LogP contribution in [0.25, 0.3) is 0 Å². The van der Waals surface area contributed by atoms with E-state index in [4.69, 9.17) is 22.7 Å². The number of phosphoric ester groups is 1. The lowest BCUT2D eigenvalue weighted by Gasteiger charge is -2.39. The highest BCUT2D eigenvalue weighted by atomic mass is 32.2. The average Bonchev–Trinajstić information content (AvgIpc) is 3.27. The Bertz CT molecular complexity index is 1350. The Morgan fingerprint density at radius 3 is 1.89 bits per heavy atom. The molecule has 2 atom stereocenters. The van der Waals surface area contributed by atoms with Crippen LogP contribution in [-0.2, 0) is 36.9 Å². The number of nitrogens with one attached hydrogen (secondary N) is 1. The predicted octanol–water partition coefficient (Wildman–Crippen LogP) is 6.11. The van der Waals surface area contributed by atoms with Gasteiger partial charge in [0, 0.05) is 34.6 Å². The number of rotatable bonds is 14. The Morgan fingerprint density at radius 2 is 1.44 bits per heavy atom.